The Labute approximate surface area is 109 Å². The van der Waals surface area contributed by atoms with E-state index >= 15 is 0 Å². The van der Waals surface area contributed by atoms with E-state index in [0.717, 1.165) is 19.4 Å². The second-order valence-electron chi connectivity index (χ2n) is 5.22. The zero-order chi connectivity index (χ0) is 13.8. The molecule has 18 heavy (non-hydrogen) atoms. The standard InChI is InChI=1S/C13H24N2O3/c1-4-7-13(12(17)18)8-5-9-15(13)10-6-11(16)14(2)3/h4-10H2,1-3H3,(H,17,18). The second kappa shape index (κ2) is 6.18. The summed E-state index contributed by atoms with van der Waals surface area (Å²) in [5, 5.41) is 9.50. The summed E-state index contributed by atoms with van der Waals surface area (Å²) in [6.45, 7) is 3.34. The summed E-state index contributed by atoms with van der Waals surface area (Å²) in [5.74, 6) is -0.683. The molecule has 0 spiro atoms. The normalized spacial score (nSPS) is 24.2. The van der Waals surface area contributed by atoms with E-state index in [1.165, 1.54) is 0 Å². The minimum atomic E-state index is -0.737. The summed E-state index contributed by atoms with van der Waals surface area (Å²) in [6, 6.07) is 0. The average Bonchev–Trinajstić information content (AvgIpc) is 2.70. The summed E-state index contributed by atoms with van der Waals surface area (Å²) in [6.07, 6.45) is 3.52. The number of rotatable bonds is 6. The third-order valence-corrected chi connectivity index (χ3v) is 3.78. The minimum Gasteiger partial charge on any atom is -0.480 e. The van der Waals surface area contributed by atoms with E-state index in [9.17, 15) is 14.7 Å². The van der Waals surface area contributed by atoms with Crippen molar-refractivity contribution in [3.8, 4) is 0 Å². The maximum absolute atomic E-state index is 11.6. The van der Waals surface area contributed by atoms with Crippen LogP contribution in [0.1, 0.15) is 39.0 Å². The highest BCUT2D eigenvalue weighted by Crippen LogP contribution is 2.34. The zero-order valence-corrected chi connectivity index (χ0v) is 11.6. The molecule has 0 aromatic rings. The predicted molar refractivity (Wildman–Crippen MR) is 69.4 cm³/mol. The van der Waals surface area contributed by atoms with Gasteiger partial charge < -0.3 is 10.0 Å². The van der Waals surface area contributed by atoms with Crippen LogP contribution in [0.25, 0.3) is 0 Å². The van der Waals surface area contributed by atoms with E-state index in [1.54, 1.807) is 19.0 Å². The lowest BCUT2D eigenvalue weighted by Gasteiger charge is -2.34. The lowest BCUT2D eigenvalue weighted by molar-refractivity contribution is -0.151. The van der Waals surface area contributed by atoms with Crippen LogP contribution in [0.5, 0.6) is 0 Å². The van der Waals surface area contributed by atoms with Crippen molar-refractivity contribution in [2.45, 2.75) is 44.6 Å². The van der Waals surface area contributed by atoms with E-state index in [4.69, 9.17) is 0 Å². The van der Waals surface area contributed by atoms with Gasteiger partial charge in [0, 0.05) is 27.1 Å². The Kier molecular flexibility index (Phi) is 5.14. The molecule has 104 valence electrons. The molecule has 0 radical (unpaired) electrons. The minimum absolute atomic E-state index is 0.0534. The quantitative estimate of drug-likeness (QED) is 0.775. The molecule has 0 aromatic carbocycles. The number of likely N-dealkylation sites (tertiary alicyclic amines) is 1. The Morgan fingerprint density at radius 2 is 2.06 bits per heavy atom. The molecule has 5 nitrogen and oxygen atoms in total. The second-order valence-corrected chi connectivity index (χ2v) is 5.22. The average molecular weight is 256 g/mol. The molecule has 1 saturated heterocycles. The van der Waals surface area contributed by atoms with Crippen LogP contribution in [0, 0.1) is 0 Å². The summed E-state index contributed by atoms with van der Waals surface area (Å²) >= 11 is 0. The fourth-order valence-electron chi connectivity index (χ4n) is 2.76. The molecule has 1 aliphatic rings. The van der Waals surface area contributed by atoms with Gasteiger partial charge in [-0.25, -0.2) is 0 Å². The molecular formula is C13H24N2O3. The molecule has 0 saturated carbocycles. The largest absolute Gasteiger partial charge is 0.480 e. The van der Waals surface area contributed by atoms with Gasteiger partial charge in [-0.3, -0.25) is 14.5 Å². The van der Waals surface area contributed by atoms with Crippen LogP contribution in [0.4, 0.5) is 0 Å². The van der Waals surface area contributed by atoms with Gasteiger partial charge in [0.15, 0.2) is 0 Å². The topological polar surface area (TPSA) is 60.9 Å². The highest BCUT2D eigenvalue weighted by atomic mass is 16.4. The number of carboxylic acid groups (broad SMARTS) is 1. The Morgan fingerprint density at radius 1 is 1.39 bits per heavy atom. The number of hydrogen-bond donors (Lipinski definition) is 1. The van der Waals surface area contributed by atoms with Gasteiger partial charge in [-0.05, 0) is 25.8 Å². The van der Waals surface area contributed by atoms with Gasteiger partial charge >= 0.3 is 5.97 Å². The van der Waals surface area contributed by atoms with Crippen molar-refractivity contribution in [3.63, 3.8) is 0 Å². The van der Waals surface area contributed by atoms with E-state index in [1.807, 2.05) is 11.8 Å². The van der Waals surface area contributed by atoms with Crippen LogP contribution in [-0.2, 0) is 9.59 Å². The molecular weight excluding hydrogens is 232 g/mol. The highest BCUT2D eigenvalue weighted by Gasteiger charge is 2.46. The first-order chi connectivity index (χ1) is 8.44. The zero-order valence-electron chi connectivity index (χ0n) is 11.6. The van der Waals surface area contributed by atoms with E-state index < -0.39 is 11.5 Å². The molecule has 1 aliphatic heterocycles. The first-order valence-corrected chi connectivity index (χ1v) is 6.62. The molecule has 1 rings (SSSR count). The van der Waals surface area contributed by atoms with Gasteiger partial charge in [-0.2, -0.15) is 0 Å². The van der Waals surface area contributed by atoms with Crippen molar-refractivity contribution >= 4 is 11.9 Å². The first-order valence-electron chi connectivity index (χ1n) is 6.62. The Hall–Kier alpha value is -1.10. The first kappa shape index (κ1) is 15.0. The molecule has 1 unspecified atom stereocenters. The molecule has 5 heteroatoms. The molecule has 1 atom stereocenters. The van der Waals surface area contributed by atoms with Crippen LogP contribution < -0.4 is 0 Å². The number of nitrogens with zero attached hydrogens (tertiary/aromatic N) is 2. The van der Waals surface area contributed by atoms with Crippen LogP contribution in [-0.4, -0.2) is 59.5 Å². The van der Waals surface area contributed by atoms with Gasteiger partial charge in [0.05, 0.1) is 0 Å². The van der Waals surface area contributed by atoms with Crippen molar-refractivity contribution in [2.75, 3.05) is 27.2 Å². The van der Waals surface area contributed by atoms with E-state index in [2.05, 4.69) is 0 Å². The molecule has 1 fully saturated rings. The number of amides is 1. The molecule has 1 N–H and O–H groups in total. The van der Waals surface area contributed by atoms with Crippen molar-refractivity contribution in [3.05, 3.63) is 0 Å². The number of hydrogen-bond acceptors (Lipinski definition) is 3. The Balaban J connectivity index is 2.68. The molecule has 0 aliphatic carbocycles. The van der Waals surface area contributed by atoms with Crippen molar-refractivity contribution < 1.29 is 14.7 Å². The fraction of sp³-hybridized carbons (Fsp3) is 0.846. The van der Waals surface area contributed by atoms with Crippen LogP contribution >= 0.6 is 0 Å². The number of carboxylic acids is 1. The molecule has 1 amide bonds. The number of carbonyl (C=O) groups excluding carboxylic acids is 1. The van der Waals surface area contributed by atoms with Crippen LogP contribution in [0.3, 0.4) is 0 Å². The number of aliphatic carboxylic acids is 1. The van der Waals surface area contributed by atoms with Crippen molar-refractivity contribution in [1.82, 2.24) is 9.80 Å². The fourth-order valence-corrected chi connectivity index (χ4v) is 2.76. The van der Waals surface area contributed by atoms with Gasteiger partial charge in [0.25, 0.3) is 0 Å². The smallest absolute Gasteiger partial charge is 0.324 e. The SMILES string of the molecule is CCCC1(C(=O)O)CCCN1CCC(=O)N(C)C. The summed E-state index contributed by atoms with van der Waals surface area (Å²) in [7, 11) is 3.45. The summed E-state index contributed by atoms with van der Waals surface area (Å²) < 4.78 is 0. The van der Waals surface area contributed by atoms with Crippen LogP contribution in [0.15, 0.2) is 0 Å². The maximum atomic E-state index is 11.6. The Morgan fingerprint density at radius 3 is 2.56 bits per heavy atom. The number of carbonyl (C=O) groups is 2. The van der Waals surface area contributed by atoms with Crippen molar-refractivity contribution in [2.24, 2.45) is 0 Å². The summed E-state index contributed by atoms with van der Waals surface area (Å²) in [4.78, 5) is 26.7. The van der Waals surface area contributed by atoms with Crippen molar-refractivity contribution in [1.29, 1.82) is 0 Å². The van der Waals surface area contributed by atoms with E-state index in [0.29, 0.717) is 25.8 Å². The third-order valence-electron chi connectivity index (χ3n) is 3.78. The summed E-state index contributed by atoms with van der Waals surface area (Å²) in [5.41, 5.74) is -0.735. The Bertz CT molecular complexity index is 317. The van der Waals surface area contributed by atoms with Gasteiger partial charge in [0.1, 0.15) is 5.54 Å². The van der Waals surface area contributed by atoms with E-state index in [-0.39, 0.29) is 5.91 Å². The monoisotopic (exact) mass is 256 g/mol. The van der Waals surface area contributed by atoms with Crippen LogP contribution in [0.2, 0.25) is 0 Å². The third kappa shape index (κ3) is 3.02. The highest BCUT2D eigenvalue weighted by molar-refractivity contribution is 5.79. The lowest BCUT2D eigenvalue weighted by Crippen LogP contribution is -2.51. The maximum Gasteiger partial charge on any atom is 0.324 e. The van der Waals surface area contributed by atoms with Gasteiger partial charge in [0.2, 0.25) is 5.91 Å². The van der Waals surface area contributed by atoms with Gasteiger partial charge in [-0.1, -0.05) is 13.3 Å². The lowest BCUT2D eigenvalue weighted by atomic mass is 9.90. The predicted octanol–water partition coefficient (Wildman–Crippen LogP) is 1.18. The molecule has 1 heterocycles. The molecule has 0 aromatic heterocycles. The molecule has 0 bridgehead atoms. The van der Waals surface area contributed by atoms with Gasteiger partial charge in [-0.15, -0.1) is 0 Å².